The van der Waals surface area contributed by atoms with Crippen molar-refractivity contribution in [2.45, 2.75) is 0 Å². The quantitative estimate of drug-likeness (QED) is 0.568. The van der Waals surface area contributed by atoms with Gasteiger partial charge in [0.1, 0.15) is 17.8 Å². The summed E-state index contributed by atoms with van der Waals surface area (Å²) in [5, 5.41) is 18.7. The van der Waals surface area contributed by atoms with Gasteiger partial charge in [0.15, 0.2) is 5.78 Å². The van der Waals surface area contributed by atoms with E-state index in [1.165, 1.54) is 12.1 Å². The van der Waals surface area contributed by atoms with Crippen LogP contribution in [0, 0.1) is 0 Å². The molecule has 4 heteroatoms. The summed E-state index contributed by atoms with van der Waals surface area (Å²) in [4.78, 5) is 21.9. The third kappa shape index (κ3) is 4.55. The summed E-state index contributed by atoms with van der Waals surface area (Å²) in [6, 6.07) is 21.7. The predicted molar refractivity (Wildman–Crippen MR) is 91.5 cm³/mol. The standard InChI is InChI=1S/C13H10O3.C7H6O/c14-10-6-7-11(12(15)8-10)13(16)9-4-2-1-3-5-9;8-6-7-4-2-1-3-5-7/h1-8,14-15H;1-6H. The molecule has 0 unspecified atom stereocenters. The Morgan fingerprint density at radius 3 is 1.88 bits per heavy atom. The lowest BCUT2D eigenvalue weighted by Crippen LogP contribution is -2.00. The third-order valence-electron chi connectivity index (χ3n) is 3.20. The topological polar surface area (TPSA) is 74.6 Å². The van der Waals surface area contributed by atoms with Crippen molar-refractivity contribution >= 4 is 12.1 Å². The molecule has 0 aliphatic carbocycles. The van der Waals surface area contributed by atoms with E-state index in [0.717, 1.165) is 17.9 Å². The van der Waals surface area contributed by atoms with Gasteiger partial charge in [0.05, 0.1) is 5.56 Å². The molecule has 0 saturated carbocycles. The average molecular weight is 320 g/mol. The number of carbonyl (C=O) groups excluding carboxylic acids is 2. The molecule has 24 heavy (non-hydrogen) atoms. The van der Waals surface area contributed by atoms with Crippen LogP contribution in [0.1, 0.15) is 26.3 Å². The Morgan fingerprint density at radius 1 is 0.792 bits per heavy atom. The van der Waals surface area contributed by atoms with Crippen LogP contribution in [0.25, 0.3) is 0 Å². The van der Waals surface area contributed by atoms with Crippen molar-refractivity contribution < 1.29 is 19.8 Å². The van der Waals surface area contributed by atoms with E-state index < -0.39 is 0 Å². The van der Waals surface area contributed by atoms with Crippen molar-refractivity contribution in [3.05, 3.63) is 95.6 Å². The van der Waals surface area contributed by atoms with E-state index in [9.17, 15) is 14.7 Å². The Morgan fingerprint density at radius 2 is 1.38 bits per heavy atom. The number of aromatic hydroxyl groups is 2. The van der Waals surface area contributed by atoms with Gasteiger partial charge in [-0.3, -0.25) is 9.59 Å². The third-order valence-corrected chi connectivity index (χ3v) is 3.20. The highest BCUT2D eigenvalue weighted by Gasteiger charge is 2.13. The Balaban J connectivity index is 0.000000219. The lowest BCUT2D eigenvalue weighted by Gasteiger charge is -2.04. The molecule has 120 valence electrons. The van der Waals surface area contributed by atoms with E-state index in [-0.39, 0.29) is 22.8 Å². The van der Waals surface area contributed by atoms with Crippen LogP contribution in [0.15, 0.2) is 78.9 Å². The molecule has 0 atom stereocenters. The van der Waals surface area contributed by atoms with Gasteiger partial charge in [0.2, 0.25) is 0 Å². The molecule has 0 spiro atoms. The minimum absolute atomic E-state index is 0.0675. The molecule has 4 nitrogen and oxygen atoms in total. The van der Waals surface area contributed by atoms with Crippen LogP contribution < -0.4 is 0 Å². The fraction of sp³-hybridized carbons (Fsp3) is 0. The second kappa shape index (κ2) is 8.29. The second-order valence-corrected chi connectivity index (χ2v) is 4.93. The van der Waals surface area contributed by atoms with Crippen molar-refractivity contribution in [1.82, 2.24) is 0 Å². The van der Waals surface area contributed by atoms with Crippen LogP contribution in [-0.4, -0.2) is 22.3 Å². The lowest BCUT2D eigenvalue weighted by molar-refractivity contribution is 0.103. The van der Waals surface area contributed by atoms with Gasteiger partial charge in [-0.1, -0.05) is 60.7 Å². The molecular formula is C20H16O4. The van der Waals surface area contributed by atoms with E-state index in [1.54, 1.807) is 36.4 Å². The van der Waals surface area contributed by atoms with Gasteiger partial charge in [-0.05, 0) is 12.1 Å². The molecule has 0 fully saturated rings. The first-order valence-corrected chi connectivity index (χ1v) is 7.24. The number of phenols is 2. The molecule has 2 N–H and O–H groups in total. The molecule has 3 rings (SSSR count). The molecule has 0 aromatic heterocycles. The second-order valence-electron chi connectivity index (χ2n) is 4.93. The Labute approximate surface area is 139 Å². The summed E-state index contributed by atoms with van der Waals surface area (Å²) < 4.78 is 0. The fourth-order valence-electron chi connectivity index (χ4n) is 1.99. The Bertz CT molecular complexity index is 812. The molecule has 0 aliphatic rings. The van der Waals surface area contributed by atoms with Gasteiger partial charge in [0.25, 0.3) is 0 Å². The van der Waals surface area contributed by atoms with Crippen LogP contribution >= 0.6 is 0 Å². The van der Waals surface area contributed by atoms with Gasteiger partial charge in [-0.25, -0.2) is 0 Å². The van der Waals surface area contributed by atoms with Crippen molar-refractivity contribution in [1.29, 1.82) is 0 Å². The first-order valence-electron chi connectivity index (χ1n) is 7.24. The van der Waals surface area contributed by atoms with Gasteiger partial charge in [0, 0.05) is 17.2 Å². The van der Waals surface area contributed by atoms with Gasteiger partial charge < -0.3 is 10.2 Å². The number of benzene rings is 3. The first-order chi connectivity index (χ1) is 11.6. The number of hydrogen-bond acceptors (Lipinski definition) is 4. The largest absolute Gasteiger partial charge is 0.508 e. The summed E-state index contributed by atoms with van der Waals surface area (Å²) in [6.07, 6.45) is 0.833. The van der Waals surface area contributed by atoms with Gasteiger partial charge in [-0.2, -0.15) is 0 Å². The minimum Gasteiger partial charge on any atom is -0.508 e. The monoisotopic (exact) mass is 320 g/mol. The van der Waals surface area contributed by atoms with Gasteiger partial charge in [-0.15, -0.1) is 0 Å². The number of carbonyl (C=O) groups is 2. The lowest BCUT2D eigenvalue weighted by atomic mass is 10.0. The molecule has 0 aliphatic heterocycles. The maximum absolute atomic E-state index is 11.9. The molecule has 0 amide bonds. The number of aldehydes is 1. The maximum Gasteiger partial charge on any atom is 0.196 e. The number of ketones is 1. The average Bonchev–Trinajstić information content (AvgIpc) is 2.63. The van der Waals surface area contributed by atoms with E-state index in [1.807, 2.05) is 24.3 Å². The minimum atomic E-state index is -0.266. The van der Waals surface area contributed by atoms with Crippen molar-refractivity contribution in [2.75, 3.05) is 0 Å². The Hall–Kier alpha value is -3.40. The molecule has 3 aromatic carbocycles. The summed E-state index contributed by atoms with van der Waals surface area (Å²) in [5.41, 5.74) is 1.42. The first kappa shape index (κ1) is 17.0. The molecular weight excluding hydrogens is 304 g/mol. The normalized spacial score (nSPS) is 9.50. The number of phenolic OH excluding ortho intramolecular Hbond substituents is 2. The van der Waals surface area contributed by atoms with Crippen molar-refractivity contribution in [3.8, 4) is 11.5 Å². The zero-order valence-electron chi connectivity index (χ0n) is 12.8. The zero-order chi connectivity index (χ0) is 17.4. The van der Waals surface area contributed by atoms with E-state index in [2.05, 4.69) is 0 Å². The van der Waals surface area contributed by atoms with Crippen LogP contribution in [-0.2, 0) is 0 Å². The highest BCUT2D eigenvalue weighted by molar-refractivity contribution is 6.10. The summed E-state index contributed by atoms with van der Waals surface area (Å²) in [6.45, 7) is 0. The molecule has 0 saturated heterocycles. The predicted octanol–water partition coefficient (Wildman–Crippen LogP) is 3.83. The zero-order valence-corrected chi connectivity index (χ0v) is 12.8. The van der Waals surface area contributed by atoms with Crippen molar-refractivity contribution in [2.24, 2.45) is 0 Å². The summed E-state index contributed by atoms with van der Waals surface area (Å²) >= 11 is 0. The Kier molecular flexibility index (Phi) is 5.86. The smallest absolute Gasteiger partial charge is 0.196 e. The number of hydrogen-bond donors (Lipinski definition) is 2. The maximum atomic E-state index is 11.9. The molecule has 0 heterocycles. The summed E-state index contributed by atoms with van der Waals surface area (Å²) in [7, 11) is 0. The summed E-state index contributed by atoms with van der Waals surface area (Å²) in [5.74, 6) is -0.547. The SMILES string of the molecule is O=C(c1ccccc1)c1ccc(O)cc1O.O=Cc1ccccc1. The van der Waals surface area contributed by atoms with E-state index >= 15 is 0 Å². The van der Waals surface area contributed by atoms with Crippen molar-refractivity contribution in [3.63, 3.8) is 0 Å². The molecule has 3 aromatic rings. The molecule has 0 bridgehead atoms. The number of rotatable bonds is 3. The van der Waals surface area contributed by atoms with Crippen LogP contribution in [0.4, 0.5) is 0 Å². The van der Waals surface area contributed by atoms with Crippen LogP contribution in [0.3, 0.4) is 0 Å². The fourth-order valence-corrected chi connectivity index (χ4v) is 1.99. The van der Waals surface area contributed by atoms with Gasteiger partial charge >= 0.3 is 0 Å². The highest BCUT2D eigenvalue weighted by atomic mass is 16.3. The molecule has 0 radical (unpaired) electrons. The van der Waals surface area contributed by atoms with Crippen LogP contribution in [0.5, 0.6) is 11.5 Å². The van der Waals surface area contributed by atoms with Crippen LogP contribution in [0.2, 0.25) is 0 Å². The van der Waals surface area contributed by atoms with E-state index in [4.69, 9.17) is 5.11 Å². The highest BCUT2D eigenvalue weighted by Crippen LogP contribution is 2.24. The van der Waals surface area contributed by atoms with E-state index in [0.29, 0.717) is 5.56 Å².